The van der Waals surface area contributed by atoms with Gasteiger partial charge in [0.25, 0.3) is 11.1 Å². The van der Waals surface area contributed by atoms with Gasteiger partial charge in [0.15, 0.2) is 59.5 Å². The summed E-state index contributed by atoms with van der Waals surface area (Å²) in [5.41, 5.74) is -2.34. The molecule has 0 spiro atoms. The number of fused-ring (bicyclic) bond motifs is 2. The van der Waals surface area contributed by atoms with Crippen molar-refractivity contribution in [3.8, 4) is 0 Å². The van der Waals surface area contributed by atoms with E-state index in [2.05, 4.69) is 80.9 Å². The maximum absolute atomic E-state index is 15.1. The minimum atomic E-state index is -5.78. The van der Waals surface area contributed by atoms with E-state index in [-0.39, 0.29) is 58.5 Å². The molecule has 0 radical (unpaired) electrons. The van der Waals surface area contributed by atoms with E-state index in [9.17, 15) is 94.9 Å². The second kappa shape index (κ2) is 30.9. The predicted molar refractivity (Wildman–Crippen MR) is 314 cm³/mol. The molecule has 99 heavy (non-hydrogen) atoms. The number of aromatic nitrogens is 8. The van der Waals surface area contributed by atoms with Crippen LogP contribution in [-0.4, -0.2) is 209 Å². The maximum Gasteiger partial charge on any atom is 0.490 e. The molecule has 562 valence electrons. The highest BCUT2D eigenvalue weighted by Crippen LogP contribution is 2.69. The molecule has 8 rings (SSSR count). The Bertz CT molecular complexity index is 4130. The molecule has 3 fully saturated rings. The summed E-state index contributed by atoms with van der Waals surface area (Å²) in [4.78, 5) is 157. The van der Waals surface area contributed by atoms with Crippen LogP contribution in [0.2, 0.25) is 0 Å². The van der Waals surface area contributed by atoms with Gasteiger partial charge in [0.05, 0.1) is 38.4 Å². The number of nitrogens with one attached hydrogen (secondary N) is 2. The number of ether oxygens (including phenoxy) is 3. The SMILES string of the molecule is C=C1N=C(N)C=CN1[C@@H]1O[C@](CCl)(COP(=O)(O)OP(=O)(O)OP(=O)(O)O)[C@@H](O)[C@H]1F.CC[C@]1(COP(=O)(O)OP(=O)(O)OP(=O)(O)O)O[C@@H](n2cnc3c(=O)[nH]c(C)nc32)[C@H](F)[C@@H]1O.CC[C@]1(COP(=O)(O)OP(=O)(O)OP(=O)(O)O)O[C@@H](n2cnc3c(=O)[nH]c(C)nc32)[C@H](F)[C@@H]1O. The van der Waals surface area contributed by atoms with Gasteiger partial charge in [-0.25, -0.2) is 79.2 Å². The standard InChI is InChI=1S/2C13H20FN4O13P3.C11H18ClFN3O12P3/c2*1-3-13(4-28-33(24,25)31-34(26,27)30-32(21,22)23)9(19)7(14)12(29-13)18-5-15-8-10(18)16-6(2)17-11(8)20;1-6-15-7(14)2-3-16(6)10-8(13)9(17)11(4-12,26-10)5-25-30(21,22)28-31(23,24)27-29(18,19)20/h2*5,7,9,12,19H,3-4H2,1-2H3,(H,24,25)(H,26,27)(H,16,17,20)(H2,21,22,23);2-3,8-10,17H,1,4-5H2,(H2,14,15)(H,21,22)(H,23,24)(H2,18,19,20)/t2*7-,9+,12-,13-;8-,9+,10-,11-/m111/s1. The molecule has 49 nitrogen and oxygen atoms in total. The summed E-state index contributed by atoms with van der Waals surface area (Å²) in [6, 6.07) is 0. The minimum Gasteiger partial charge on any atom is -0.387 e. The molecule has 62 heteroatoms. The lowest BCUT2D eigenvalue weighted by Gasteiger charge is -2.32. The number of aliphatic hydroxyl groups excluding tert-OH is 3. The van der Waals surface area contributed by atoms with Gasteiger partial charge in [0.2, 0.25) is 0 Å². The van der Waals surface area contributed by atoms with Gasteiger partial charge in [-0.15, -0.1) is 11.6 Å². The third-order valence-electron chi connectivity index (χ3n) is 13.4. The van der Waals surface area contributed by atoms with Crippen molar-refractivity contribution in [1.29, 1.82) is 0 Å². The Labute approximate surface area is 553 Å². The van der Waals surface area contributed by atoms with Crippen LogP contribution in [0, 0.1) is 13.8 Å². The molecule has 0 bridgehead atoms. The molecule has 4 aromatic rings. The normalized spacial score (nSPS) is 30.5. The van der Waals surface area contributed by atoms with Gasteiger partial charge < -0.3 is 109 Å². The molecule has 0 amide bonds. The average molecular weight is 1640 g/mol. The Kier molecular flexibility index (Phi) is 26.4. The van der Waals surface area contributed by atoms with Crippen molar-refractivity contribution >= 4 is 110 Å². The molecule has 4 aliphatic rings. The molecule has 0 aliphatic carbocycles. The molecule has 0 aromatic carbocycles. The van der Waals surface area contributed by atoms with E-state index in [0.717, 1.165) is 26.7 Å². The number of aliphatic imine (C=N–C) groups is 1. The smallest absolute Gasteiger partial charge is 0.387 e. The van der Waals surface area contributed by atoms with Gasteiger partial charge in [-0.3, -0.25) is 32.3 Å². The lowest BCUT2D eigenvalue weighted by molar-refractivity contribution is -0.126. The number of rotatable bonds is 27. The van der Waals surface area contributed by atoms with Crippen molar-refractivity contribution in [3.05, 3.63) is 69.7 Å². The molecular weight excluding hydrogens is 1580 g/mol. The van der Waals surface area contributed by atoms with E-state index in [1.54, 1.807) is 0 Å². The Morgan fingerprint density at radius 1 is 0.556 bits per heavy atom. The van der Waals surface area contributed by atoms with Gasteiger partial charge >= 0.3 is 70.4 Å². The number of nitrogens with zero attached hydrogens (tertiary/aromatic N) is 8. The maximum atomic E-state index is 15.1. The Morgan fingerprint density at radius 2 is 0.869 bits per heavy atom. The van der Waals surface area contributed by atoms with E-state index < -0.39 is 180 Å². The molecule has 18 atom stereocenters. The molecule has 4 aliphatic heterocycles. The fourth-order valence-electron chi connectivity index (χ4n) is 9.04. The minimum absolute atomic E-state index is 0.0573. The summed E-state index contributed by atoms with van der Waals surface area (Å²) in [6.07, 6.45) is -13.1. The van der Waals surface area contributed by atoms with E-state index in [0.29, 0.717) is 0 Å². The second-order valence-electron chi connectivity index (χ2n) is 20.4. The average Bonchev–Trinajstić information content (AvgIpc) is 1.61. The Balaban J connectivity index is 0.000000234. The Hall–Kier alpha value is -3.48. The van der Waals surface area contributed by atoms with Gasteiger partial charge in [-0.05, 0) is 32.8 Å². The number of hydrogen-bond donors (Lipinski definition) is 18. The molecule has 4 aromatic heterocycles. The summed E-state index contributed by atoms with van der Waals surface area (Å²) in [5.74, 6) is -0.328. The second-order valence-corrected chi connectivity index (χ2v) is 34.0. The number of imidazole rings is 2. The highest BCUT2D eigenvalue weighted by Gasteiger charge is 2.60. The van der Waals surface area contributed by atoms with Crippen molar-refractivity contribution in [2.45, 2.75) is 113 Å². The van der Waals surface area contributed by atoms with E-state index in [1.807, 2.05) is 0 Å². The number of H-pyrrole nitrogens is 2. The first-order chi connectivity index (χ1) is 45.0. The van der Waals surface area contributed by atoms with Crippen LogP contribution in [-0.2, 0) is 94.7 Å². The van der Waals surface area contributed by atoms with Crippen molar-refractivity contribution in [3.63, 3.8) is 0 Å². The van der Waals surface area contributed by atoms with E-state index in [4.69, 9.17) is 65.8 Å². The number of aryl methyl sites for hydroxylation is 2. The molecule has 6 unspecified atom stereocenters. The van der Waals surface area contributed by atoms with Gasteiger partial charge in [0.1, 0.15) is 58.4 Å². The quantitative estimate of drug-likeness (QED) is 0.0282. The number of hydrogen-bond acceptors (Lipinski definition) is 33. The number of phosphoric ester groups is 3. The topological polar surface area (TPSA) is 737 Å². The van der Waals surface area contributed by atoms with Crippen LogP contribution in [0.5, 0.6) is 0 Å². The van der Waals surface area contributed by atoms with Crippen LogP contribution in [0.15, 0.2) is 51.9 Å². The van der Waals surface area contributed by atoms with Gasteiger partial charge in [0, 0.05) is 6.20 Å². The fraction of sp³-hybridized carbons (Fsp3) is 0.595. The highest BCUT2D eigenvalue weighted by molar-refractivity contribution is 7.67. The van der Waals surface area contributed by atoms with Crippen LogP contribution in [0.4, 0.5) is 13.2 Å². The molecular formula is C37H58ClF3N11O38P9. The zero-order valence-electron chi connectivity index (χ0n) is 49.7. The summed E-state index contributed by atoms with van der Waals surface area (Å²) in [7, 11) is -50.8. The number of aliphatic hydroxyl groups is 3. The van der Waals surface area contributed by atoms with Crippen LogP contribution in [0.3, 0.4) is 0 Å². The zero-order chi connectivity index (χ0) is 75.2. The number of nitrogens with two attached hydrogens (primary N) is 1. The third-order valence-corrected chi connectivity index (χ3v) is 25.2. The van der Waals surface area contributed by atoms with E-state index in [1.165, 1.54) is 40.0 Å². The van der Waals surface area contributed by atoms with Crippen LogP contribution in [0.1, 0.15) is 50.8 Å². The lowest BCUT2D eigenvalue weighted by atomic mass is 9.94. The monoisotopic (exact) mass is 1640 g/mol. The van der Waals surface area contributed by atoms with Gasteiger partial charge in [-0.1, -0.05) is 20.4 Å². The first-order valence-corrected chi connectivity index (χ1v) is 40.4. The van der Waals surface area contributed by atoms with Gasteiger partial charge in [-0.2, -0.15) is 25.9 Å². The zero-order valence-corrected chi connectivity index (χ0v) is 58.6. The van der Waals surface area contributed by atoms with Crippen molar-refractivity contribution < 1.29 is 182 Å². The van der Waals surface area contributed by atoms with Crippen LogP contribution in [0.25, 0.3) is 22.3 Å². The summed E-state index contributed by atoms with van der Waals surface area (Å²) >= 11 is 5.76. The van der Waals surface area contributed by atoms with Crippen LogP contribution < -0.4 is 16.9 Å². The molecule has 19 N–H and O–H groups in total. The van der Waals surface area contributed by atoms with E-state index >= 15 is 8.78 Å². The molecule has 8 heterocycles. The number of phosphoric acid groups is 9. The van der Waals surface area contributed by atoms with Crippen molar-refractivity contribution in [1.82, 2.24) is 43.9 Å². The number of amidine groups is 1. The third kappa shape index (κ3) is 21.4. The fourth-order valence-corrected chi connectivity index (χ4v) is 18.6. The lowest BCUT2D eigenvalue weighted by Crippen LogP contribution is -2.47. The number of alkyl halides is 4. The van der Waals surface area contributed by atoms with Crippen molar-refractivity contribution in [2.75, 3.05) is 25.7 Å². The summed E-state index contributed by atoms with van der Waals surface area (Å²) in [6.45, 7) is 5.97. The first kappa shape index (κ1) is 84.5. The largest absolute Gasteiger partial charge is 0.490 e. The highest BCUT2D eigenvalue weighted by atomic mass is 35.5. The molecule has 3 saturated heterocycles. The number of halogens is 4. The number of aromatic amines is 2. The Morgan fingerprint density at radius 3 is 1.18 bits per heavy atom. The summed E-state index contributed by atoms with van der Waals surface area (Å²) in [5, 5.41) is 31.3. The summed E-state index contributed by atoms with van der Waals surface area (Å²) < 4.78 is 201. The first-order valence-electron chi connectivity index (χ1n) is 26.3. The van der Waals surface area contributed by atoms with Crippen molar-refractivity contribution in [2.24, 2.45) is 10.7 Å². The molecule has 0 saturated carbocycles. The van der Waals surface area contributed by atoms with Crippen LogP contribution >= 0.6 is 82.0 Å². The predicted octanol–water partition coefficient (Wildman–Crippen LogP) is 0.316.